The normalized spacial score (nSPS) is 14.4. The van der Waals surface area contributed by atoms with Crippen molar-refractivity contribution in [2.24, 2.45) is 0 Å². The molecule has 1 amide bonds. The Morgan fingerprint density at radius 2 is 1.70 bits per heavy atom. The fourth-order valence-corrected chi connectivity index (χ4v) is 4.71. The third kappa shape index (κ3) is 4.89. The second-order valence-electron chi connectivity index (χ2n) is 7.16. The molecule has 1 fully saturated rings. The van der Waals surface area contributed by atoms with Crippen LogP contribution in [0.5, 0.6) is 0 Å². The van der Waals surface area contributed by atoms with Gasteiger partial charge in [-0.25, -0.2) is 8.42 Å². The number of amides is 1. The molecule has 6 heteroatoms. The van der Waals surface area contributed by atoms with Gasteiger partial charge in [0.05, 0.1) is 4.90 Å². The van der Waals surface area contributed by atoms with Crippen LogP contribution < -0.4 is 4.72 Å². The van der Waals surface area contributed by atoms with E-state index in [2.05, 4.69) is 4.72 Å². The quantitative estimate of drug-likeness (QED) is 0.824. The van der Waals surface area contributed by atoms with E-state index in [-0.39, 0.29) is 10.8 Å². The first-order valence-corrected chi connectivity index (χ1v) is 10.8. The molecule has 0 radical (unpaired) electrons. The lowest BCUT2D eigenvalue weighted by Crippen LogP contribution is -2.27. The third-order valence-corrected chi connectivity index (χ3v) is 6.45. The highest BCUT2D eigenvalue weighted by molar-refractivity contribution is 7.92. The maximum Gasteiger partial charge on any atom is 0.262 e. The van der Waals surface area contributed by atoms with Crippen LogP contribution in [0, 0.1) is 13.8 Å². The van der Waals surface area contributed by atoms with Crippen molar-refractivity contribution in [1.29, 1.82) is 0 Å². The number of hydrogen-bond acceptors (Lipinski definition) is 3. The number of sulfonamides is 1. The number of hydrogen-bond donors (Lipinski definition) is 1. The van der Waals surface area contributed by atoms with E-state index in [9.17, 15) is 13.2 Å². The number of nitrogens with zero attached hydrogens (tertiary/aromatic N) is 1. The average Bonchev–Trinajstić information content (AvgIpc) is 3.15. The van der Waals surface area contributed by atoms with E-state index >= 15 is 0 Å². The van der Waals surface area contributed by atoms with E-state index in [1.165, 1.54) is 0 Å². The molecule has 1 aliphatic heterocycles. The van der Waals surface area contributed by atoms with Crippen LogP contribution in [-0.4, -0.2) is 32.3 Å². The van der Waals surface area contributed by atoms with Gasteiger partial charge in [0.2, 0.25) is 5.91 Å². The van der Waals surface area contributed by atoms with Crippen molar-refractivity contribution in [2.45, 2.75) is 44.4 Å². The van der Waals surface area contributed by atoms with Gasteiger partial charge in [0.1, 0.15) is 0 Å². The van der Waals surface area contributed by atoms with Gasteiger partial charge in [0, 0.05) is 25.2 Å². The van der Waals surface area contributed by atoms with Gasteiger partial charge >= 0.3 is 0 Å². The van der Waals surface area contributed by atoms with Gasteiger partial charge in [-0.1, -0.05) is 29.8 Å². The van der Waals surface area contributed by atoms with Crippen LogP contribution in [0.15, 0.2) is 47.4 Å². The van der Waals surface area contributed by atoms with Gasteiger partial charge in [-0.15, -0.1) is 0 Å². The molecule has 0 unspecified atom stereocenters. The number of aryl methyl sites for hydroxylation is 3. The van der Waals surface area contributed by atoms with Gasteiger partial charge in [-0.3, -0.25) is 9.52 Å². The zero-order chi connectivity index (χ0) is 19.4. The van der Waals surface area contributed by atoms with Crippen molar-refractivity contribution >= 4 is 21.6 Å². The first-order valence-electron chi connectivity index (χ1n) is 9.32. The highest BCUT2D eigenvalue weighted by atomic mass is 32.2. The van der Waals surface area contributed by atoms with Gasteiger partial charge in [0.15, 0.2) is 0 Å². The Labute approximate surface area is 161 Å². The van der Waals surface area contributed by atoms with Crippen molar-refractivity contribution in [3.05, 3.63) is 59.2 Å². The third-order valence-electron chi connectivity index (χ3n) is 4.91. The molecule has 1 N–H and O–H groups in total. The van der Waals surface area contributed by atoms with E-state index < -0.39 is 10.0 Å². The zero-order valence-electron chi connectivity index (χ0n) is 15.9. The average molecular weight is 387 g/mol. The van der Waals surface area contributed by atoms with Crippen molar-refractivity contribution < 1.29 is 13.2 Å². The topological polar surface area (TPSA) is 66.5 Å². The minimum Gasteiger partial charge on any atom is -0.343 e. The lowest BCUT2D eigenvalue weighted by atomic mass is 10.1. The van der Waals surface area contributed by atoms with Crippen molar-refractivity contribution in [3.8, 4) is 0 Å². The monoisotopic (exact) mass is 386 g/mol. The first-order chi connectivity index (χ1) is 12.8. The molecule has 1 aliphatic rings. The summed E-state index contributed by atoms with van der Waals surface area (Å²) in [7, 11) is -3.62. The summed E-state index contributed by atoms with van der Waals surface area (Å²) >= 11 is 0. The van der Waals surface area contributed by atoms with Crippen molar-refractivity contribution in [2.75, 3.05) is 17.8 Å². The predicted octanol–water partition coefficient (Wildman–Crippen LogP) is 3.66. The molecule has 2 aromatic carbocycles. The highest BCUT2D eigenvalue weighted by Gasteiger charge is 2.18. The molecular weight excluding hydrogens is 360 g/mol. The predicted molar refractivity (Wildman–Crippen MR) is 107 cm³/mol. The summed E-state index contributed by atoms with van der Waals surface area (Å²) < 4.78 is 27.9. The van der Waals surface area contributed by atoms with E-state index in [4.69, 9.17) is 0 Å². The van der Waals surface area contributed by atoms with Crippen molar-refractivity contribution in [3.63, 3.8) is 0 Å². The molecule has 0 spiro atoms. The van der Waals surface area contributed by atoms with Crippen LogP contribution in [0.2, 0.25) is 0 Å². The lowest BCUT2D eigenvalue weighted by molar-refractivity contribution is -0.130. The summed E-state index contributed by atoms with van der Waals surface area (Å²) in [5.74, 6) is 0.201. The number of carbonyl (C=O) groups is 1. The number of anilines is 1. The summed E-state index contributed by atoms with van der Waals surface area (Å²) in [4.78, 5) is 14.3. The number of rotatable bonds is 6. The Bertz CT molecular complexity index is 915. The molecular formula is C21H26N2O3S. The number of nitrogens with one attached hydrogen (secondary N) is 1. The Kier molecular flexibility index (Phi) is 5.85. The van der Waals surface area contributed by atoms with E-state index in [0.717, 1.165) is 42.6 Å². The van der Waals surface area contributed by atoms with Gasteiger partial charge in [-0.05, 0) is 62.4 Å². The molecule has 0 atom stereocenters. The highest BCUT2D eigenvalue weighted by Crippen LogP contribution is 2.21. The van der Waals surface area contributed by atoms with Crippen LogP contribution in [0.4, 0.5) is 5.69 Å². The lowest BCUT2D eigenvalue weighted by Gasteiger charge is -2.15. The second kappa shape index (κ2) is 8.13. The first kappa shape index (κ1) is 19.4. The van der Waals surface area contributed by atoms with Gasteiger partial charge in [-0.2, -0.15) is 0 Å². The molecule has 0 aliphatic carbocycles. The maximum absolute atomic E-state index is 12.6. The maximum atomic E-state index is 12.6. The Morgan fingerprint density at radius 3 is 2.33 bits per heavy atom. The molecule has 2 aromatic rings. The fourth-order valence-electron chi connectivity index (χ4n) is 3.43. The number of carbonyl (C=O) groups excluding carboxylic acids is 1. The van der Waals surface area contributed by atoms with E-state index in [1.54, 1.807) is 31.2 Å². The Hall–Kier alpha value is -2.34. The van der Waals surface area contributed by atoms with Gasteiger partial charge < -0.3 is 4.90 Å². The SMILES string of the molecule is Cc1ccc(S(=O)(=O)Nc2ccc(CCC(=O)N3CCCC3)cc2)c(C)c1. The molecule has 0 saturated carbocycles. The van der Waals surface area contributed by atoms with Crippen LogP contribution in [0.25, 0.3) is 0 Å². The standard InChI is InChI=1S/C21H26N2O3S/c1-16-5-11-20(17(2)15-16)27(25,26)22-19-9-6-18(7-10-19)8-12-21(24)23-13-3-4-14-23/h5-7,9-11,15,22H,3-4,8,12-14H2,1-2H3. The molecule has 144 valence electrons. The Balaban J connectivity index is 1.62. The second-order valence-corrected chi connectivity index (χ2v) is 8.81. The van der Waals surface area contributed by atoms with E-state index in [1.807, 2.05) is 30.0 Å². The molecule has 1 heterocycles. The zero-order valence-corrected chi connectivity index (χ0v) is 16.7. The number of benzene rings is 2. The summed E-state index contributed by atoms with van der Waals surface area (Å²) in [5, 5.41) is 0. The molecule has 3 rings (SSSR count). The molecule has 0 aromatic heterocycles. The fraction of sp³-hybridized carbons (Fsp3) is 0.381. The molecule has 1 saturated heterocycles. The largest absolute Gasteiger partial charge is 0.343 e. The van der Waals surface area contributed by atoms with Crippen LogP contribution in [-0.2, 0) is 21.2 Å². The summed E-state index contributed by atoms with van der Waals surface area (Å²) in [6.07, 6.45) is 3.36. The van der Waals surface area contributed by atoms with Crippen LogP contribution in [0.3, 0.4) is 0 Å². The van der Waals surface area contributed by atoms with Crippen LogP contribution >= 0.6 is 0 Å². The summed E-state index contributed by atoms with van der Waals surface area (Å²) in [5.41, 5.74) is 3.29. The number of likely N-dealkylation sites (tertiary alicyclic amines) is 1. The molecule has 5 nitrogen and oxygen atoms in total. The summed E-state index contributed by atoms with van der Waals surface area (Å²) in [6, 6.07) is 12.5. The minimum atomic E-state index is -3.62. The van der Waals surface area contributed by atoms with Gasteiger partial charge in [0.25, 0.3) is 10.0 Å². The van der Waals surface area contributed by atoms with Crippen LogP contribution in [0.1, 0.15) is 36.0 Å². The molecule has 27 heavy (non-hydrogen) atoms. The molecule has 0 bridgehead atoms. The van der Waals surface area contributed by atoms with Crippen molar-refractivity contribution in [1.82, 2.24) is 4.90 Å². The minimum absolute atomic E-state index is 0.201. The smallest absolute Gasteiger partial charge is 0.262 e. The Morgan fingerprint density at radius 1 is 1.04 bits per heavy atom. The summed E-state index contributed by atoms with van der Waals surface area (Å²) in [6.45, 7) is 5.47. The van der Waals surface area contributed by atoms with E-state index in [0.29, 0.717) is 18.5 Å².